The second kappa shape index (κ2) is 8.78. The zero-order valence-electron chi connectivity index (χ0n) is 15.4. The van der Waals surface area contributed by atoms with Gasteiger partial charge in [-0.05, 0) is 50.6 Å². The molecule has 1 atom stereocenters. The van der Waals surface area contributed by atoms with Gasteiger partial charge in [-0.15, -0.1) is 0 Å². The van der Waals surface area contributed by atoms with Gasteiger partial charge in [-0.1, -0.05) is 6.07 Å². The van der Waals surface area contributed by atoms with Crippen LogP contribution in [0.15, 0.2) is 23.2 Å². The van der Waals surface area contributed by atoms with Crippen molar-refractivity contribution < 1.29 is 9.47 Å². The third-order valence-corrected chi connectivity index (χ3v) is 4.44. The Morgan fingerprint density at radius 2 is 1.92 bits per heavy atom. The number of likely N-dealkylation sites (N-methyl/N-ethyl adjacent to an activating group) is 1. The lowest BCUT2D eigenvalue weighted by atomic mass is 10.1. The molecule has 1 fully saturated rings. The summed E-state index contributed by atoms with van der Waals surface area (Å²) in [6.45, 7) is 1.58. The molecule has 0 amide bonds. The summed E-state index contributed by atoms with van der Waals surface area (Å²) in [6, 6.07) is 6.48. The number of methoxy groups -OCH3 is 2. The Hall–Kier alpha value is -1.95. The lowest BCUT2D eigenvalue weighted by molar-refractivity contribution is 0.264. The molecule has 1 saturated carbocycles. The quantitative estimate of drug-likeness (QED) is 0.560. The maximum Gasteiger partial charge on any atom is 0.191 e. The van der Waals surface area contributed by atoms with E-state index in [-0.39, 0.29) is 0 Å². The standard InChI is InChI=1S/C18H30N4O2/c1-19-18(21-12-15(22(2)3)14-7-8-14)20-11-13-6-9-16(23-4)17(10-13)24-5/h6,9-10,14-15H,7-8,11-12H2,1-5H3,(H2,19,20,21). The third-order valence-electron chi connectivity index (χ3n) is 4.44. The molecule has 1 unspecified atom stereocenters. The minimum Gasteiger partial charge on any atom is -0.493 e. The van der Waals surface area contributed by atoms with Gasteiger partial charge in [0, 0.05) is 26.2 Å². The smallest absolute Gasteiger partial charge is 0.191 e. The van der Waals surface area contributed by atoms with Crippen molar-refractivity contribution in [3.8, 4) is 11.5 Å². The van der Waals surface area contributed by atoms with Crippen LogP contribution >= 0.6 is 0 Å². The van der Waals surface area contributed by atoms with Gasteiger partial charge in [-0.3, -0.25) is 4.99 Å². The number of nitrogens with one attached hydrogen (secondary N) is 2. The minimum absolute atomic E-state index is 0.560. The molecule has 0 aromatic heterocycles. The predicted molar refractivity (Wildman–Crippen MR) is 97.9 cm³/mol. The summed E-state index contributed by atoms with van der Waals surface area (Å²) in [4.78, 5) is 6.61. The largest absolute Gasteiger partial charge is 0.493 e. The Morgan fingerprint density at radius 3 is 2.46 bits per heavy atom. The number of ether oxygens (including phenoxy) is 2. The van der Waals surface area contributed by atoms with Crippen molar-refractivity contribution in [2.75, 3.05) is 41.9 Å². The van der Waals surface area contributed by atoms with Crippen molar-refractivity contribution in [3.63, 3.8) is 0 Å². The monoisotopic (exact) mass is 334 g/mol. The highest BCUT2D eigenvalue weighted by atomic mass is 16.5. The third kappa shape index (κ3) is 5.03. The first-order valence-electron chi connectivity index (χ1n) is 8.40. The fourth-order valence-electron chi connectivity index (χ4n) is 2.85. The summed E-state index contributed by atoms with van der Waals surface area (Å²) in [5.74, 6) is 3.11. The Kier molecular flexibility index (Phi) is 6.73. The number of aliphatic imine (C=N–C) groups is 1. The molecule has 0 radical (unpaired) electrons. The molecule has 6 heteroatoms. The highest BCUT2D eigenvalue weighted by Crippen LogP contribution is 2.34. The van der Waals surface area contributed by atoms with Gasteiger partial charge < -0.3 is 25.0 Å². The molecule has 24 heavy (non-hydrogen) atoms. The zero-order valence-corrected chi connectivity index (χ0v) is 15.4. The molecule has 2 N–H and O–H groups in total. The van der Waals surface area contributed by atoms with E-state index in [4.69, 9.17) is 9.47 Å². The number of nitrogens with zero attached hydrogens (tertiary/aromatic N) is 2. The fourth-order valence-corrected chi connectivity index (χ4v) is 2.85. The molecule has 1 aliphatic carbocycles. The van der Waals surface area contributed by atoms with Crippen LogP contribution in [0.25, 0.3) is 0 Å². The van der Waals surface area contributed by atoms with Crippen LogP contribution in [0.2, 0.25) is 0 Å². The van der Waals surface area contributed by atoms with Gasteiger partial charge in [0.05, 0.1) is 14.2 Å². The van der Waals surface area contributed by atoms with Crippen LogP contribution < -0.4 is 20.1 Å². The van der Waals surface area contributed by atoms with Gasteiger partial charge in [-0.25, -0.2) is 0 Å². The van der Waals surface area contributed by atoms with Gasteiger partial charge in [-0.2, -0.15) is 0 Å². The Morgan fingerprint density at radius 1 is 1.21 bits per heavy atom. The second-order valence-corrected chi connectivity index (χ2v) is 6.36. The predicted octanol–water partition coefficient (Wildman–Crippen LogP) is 1.71. The Balaban J connectivity index is 1.87. The van der Waals surface area contributed by atoms with E-state index in [1.54, 1.807) is 21.3 Å². The van der Waals surface area contributed by atoms with Crippen LogP contribution in [0.5, 0.6) is 11.5 Å². The maximum atomic E-state index is 5.34. The van der Waals surface area contributed by atoms with Crippen LogP contribution in [-0.2, 0) is 6.54 Å². The molecule has 1 aromatic carbocycles. The number of rotatable bonds is 8. The maximum absolute atomic E-state index is 5.34. The first-order chi connectivity index (χ1) is 11.6. The van der Waals surface area contributed by atoms with Gasteiger partial charge in [0.15, 0.2) is 17.5 Å². The van der Waals surface area contributed by atoms with E-state index in [0.29, 0.717) is 12.6 Å². The van der Waals surface area contributed by atoms with Gasteiger partial charge >= 0.3 is 0 Å². The van der Waals surface area contributed by atoms with E-state index in [0.717, 1.165) is 35.5 Å². The van der Waals surface area contributed by atoms with E-state index < -0.39 is 0 Å². The Labute approximate surface area is 145 Å². The van der Waals surface area contributed by atoms with E-state index in [1.807, 2.05) is 18.2 Å². The van der Waals surface area contributed by atoms with E-state index >= 15 is 0 Å². The summed E-state index contributed by atoms with van der Waals surface area (Å²) in [7, 11) is 9.37. The van der Waals surface area contributed by atoms with E-state index in [2.05, 4.69) is 34.6 Å². The van der Waals surface area contributed by atoms with Crippen LogP contribution in [0.4, 0.5) is 0 Å². The van der Waals surface area contributed by atoms with Crippen molar-refractivity contribution in [2.24, 2.45) is 10.9 Å². The molecule has 1 aromatic rings. The number of hydrogen-bond donors (Lipinski definition) is 2. The molecule has 2 rings (SSSR count). The van der Waals surface area contributed by atoms with Crippen LogP contribution in [0.1, 0.15) is 18.4 Å². The zero-order chi connectivity index (χ0) is 17.5. The number of hydrogen-bond acceptors (Lipinski definition) is 4. The average Bonchev–Trinajstić information content (AvgIpc) is 3.42. The minimum atomic E-state index is 0.560. The van der Waals surface area contributed by atoms with E-state index in [1.165, 1.54) is 12.8 Å². The van der Waals surface area contributed by atoms with Crippen molar-refractivity contribution >= 4 is 5.96 Å². The highest BCUT2D eigenvalue weighted by molar-refractivity contribution is 5.79. The molecular weight excluding hydrogens is 304 g/mol. The normalized spacial score (nSPS) is 16.0. The summed E-state index contributed by atoms with van der Waals surface area (Å²) in [6.07, 6.45) is 2.67. The number of guanidine groups is 1. The number of benzene rings is 1. The first kappa shape index (κ1) is 18.4. The summed E-state index contributed by atoms with van der Waals surface area (Å²) < 4.78 is 10.6. The SMILES string of the molecule is CN=C(NCc1ccc(OC)c(OC)c1)NCC(C1CC1)N(C)C. The molecular formula is C18H30N4O2. The van der Waals surface area contributed by atoms with Gasteiger partial charge in [0.2, 0.25) is 0 Å². The Bertz CT molecular complexity index is 554. The molecule has 0 aliphatic heterocycles. The average molecular weight is 334 g/mol. The van der Waals surface area contributed by atoms with Crippen molar-refractivity contribution in [1.29, 1.82) is 0 Å². The summed E-state index contributed by atoms with van der Waals surface area (Å²) in [5.41, 5.74) is 1.11. The molecule has 6 nitrogen and oxygen atoms in total. The van der Waals surface area contributed by atoms with Crippen LogP contribution in [0, 0.1) is 5.92 Å². The topological polar surface area (TPSA) is 58.1 Å². The van der Waals surface area contributed by atoms with Crippen LogP contribution in [-0.4, -0.2) is 58.8 Å². The van der Waals surface area contributed by atoms with Crippen molar-refractivity contribution in [2.45, 2.75) is 25.4 Å². The fraction of sp³-hybridized carbons (Fsp3) is 0.611. The lowest BCUT2D eigenvalue weighted by Crippen LogP contribution is -2.45. The van der Waals surface area contributed by atoms with Crippen LogP contribution in [0.3, 0.4) is 0 Å². The lowest BCUT2D eigenvalue weighted by Gasteiger charge is -2.25. The molecule has 0 spiro atoms. The second-order valence-electron chi connectivity index (χ2n) is 6.36. The summed E-state index contributed by atoms with van der Waals surface area (Å²) >= 11 is 0. The van der Waals surface area contributed by atoms with Gasteiger partial charge in [0.1, 0.15) is 0 Å². The van der Waals surface area contributed by atoms with Crippen molar-refractivity contribution in [3.05, 3.63) is 23.8 Å². The van der Waals surface area contributed by atoms with E-state index in [9.17, 15) is 0 Å². The van der Waals surface area contributed by atoms with Crippen molar-refractivity contribution in [1.82, 2.24) is 15.5 Å². The molecule has 0 heterocycles. The summed E-state index contributed by atoms with van der Waals surface area (Å²) in [5, 5.41) is 6.79. The molecule has 0 bridgehead atoms. The molecule has 1 aliphatic rings. The molecule has 134 valence electrons. The van der Waals surface area contributed by atoms with Gasteiger partial charge in [0.25, 0.3) is 0 Å². The first-order valence-corrected chi connectivity index (χ1v) is 8.40. The molecule has 0 saturated heterocycles. The highest BCUT2D eigenvalue weighted by Gasteiger charge is 2.32.